The van der Waals surface area contributed by atoms with Gasteiger partial charge in [-0.1, -0.05) is 42.5 Å². The molecule has 0 saturated carbocycles. The van der Waals surface area contributed by atoms with Crippen molar-refractivity contribution in [1.82, 2.24) is 9.97 Å². The van der Waals surface area contributed by atoms with Gasteiger partial charge in [0.1, 0.15) is 0 Å². The van der Waals surface area contributed by atoms with Crippen LogP contribution in [0.3, 0.4) is 0 Å². The fourth-order valence-corrected chi connectivity index (χ4v) is 4.35. The molecular weight excluding hydrogens is 296 g/mol. The third-order valence-electron chi connectivity index (χ3n) is 5.53. The summed E-state index contributed by atoms with van der Waals surface area (Å²) in [6, 6.07) is 16.5. The molecule has 2 aromatic carbocycles. The van der Waals surface area contributed by atoms with Crippen LogP contribution in [0, 0.1) is 0 Å². The second-order valence-corrected chi connectivity index (χ2v) is 6.93. The Hall–Kier alpha value is -2.52. The molecule has 6 rings (SSSR count). The van der Waals surface area contributed by atoms with Gasteiger partial charge >= 0.3 is 0 Å². The number of hydrogen-bond donors (Lipinski definition) is 1. The monoisotopic (exact) mass is 314 g/mol. The molecule has 0 saturated heterocycles. The molecule has 1 aromatic heterocycles. The number of aromatic nitrogens is 2. The van der Waals surface area contributed by atoms with E-state index in [1.54, 1.807) is 6.08 Å². The average Bonchev–Trinajstić information content (AvgIpc) is 2.84. The molecule has 0 radical (unpaired) electrons. The van der Waals surface area contributed by atoms with Crippen molar-refractivity contribution in [2.75, 3.05) is 0 Å². The van der Waals surface area contributed by atoms with E-state index in [9.17, 15) is 5.11 Å². The predicted octanol–water partition coefficient (Wildman–Crippen LogP) is 3.92. The summed E-state index contributed by atoms with van der Waals surface area (Å²) >= 11 is 0. The normalized spacial score (nSPS) is 27.4. The zero-order valence-corrected chi connectivity index (χ0v) is 13.3. The van der Waals surface area contributed by atoms with Crippen LogP contribution in [0.1, 0.15) is 47.2 Å². The van der Waals surface area contributed by atoms with Crippen LogP contribution in [0.25, 0.3) is 11.0 Å². The van der Waals surface area contributed by atoms with Crippen molar-refractivity contribution in [3.63, 3.8) is 0 Å². The van der Waals surface area contributed by atoms with Gasteiger partial charge in [-0.2, -0.15) is 0 Å². The molecule has 3 aliphatic carbocycles. The van der Waals surface area contributed by atoms with E-state index in [1.807, 2.05) is 24.3 Å². The summed E-state index contributed by atoms with van der Waals surface area (Å²) < 4.78 is 0. The van der Waals surface area contributed by atoms with Crippen molar-refractivity contribution in [3.05, 3.63) is 83.7 Å². The average molecular weight is 314 g/mol. The van der Waals surface area contributed by atoms with Gasteiger partial charge in [-0.15, -0.1) is 6.58 Å². The van der Waals surface area contributed by atoms with E-state index in [4.69, 9.17) is 9.97 Å². The third-order valence-corrected chi connectivity index (χ3v) is 5.53. The van der Waals surface area contributed by atoms with E-state index in [1.165, 1.54) is 11.1 Å². The van der Waals surface area contributed by atoms with Crippen LogP contribution in [0.5, 0.6) is 0 Å². The molecule has 0 spiro atoms. The van der Waals surface area contributed by atoms with Crippen LogP contribution in [-0.4, -0.2) is 20.7 Å². The minimum absolute atomic E-state index is 0.0649. The Morgan fingerprint density at radius 1 is 0.875 bits per heavy atom. The fourth-order valence-electron chi connectivity index (χ4n) is 4.35. The maximum Gasteiger partial charge on any atom is 0.0890 e. The van der Waals surface area contributed by atoms with Gasteiger partial charge in [-0.05, 0) is 36.1 Å². The molecule has 2 atom stereocenters. The lowest BCUT2D eigenvalue weighted by molar-refractivity contribution is 0.0705. The Labute approximate surface area is 140 Å². The number of benzene rings is 2. The first kappa shape index (κ1) is 13.9. The molecule has 24 heavy (non-hydrogen) atoms. The smallest absolute Gasteiger partial charge is 0.0890 e. The fraction of sp³-hybridized carbons (Fsp3) is 0.238. The molecule has 1 N–H and O–H groups in total. The lowest BCUT2D eigenvalue weighted by atomic mass is 9.78. The van der Waals surface area contributed by atoms with Crippen LogP contribution in [0.2, 0.25) is 0 Å². The van der Waals surface area contributed by atoms with Crippen LogP contribution in [0.4, 0.5) is 0 Å². The van der Waals surface area contributed by atoms with Gasteiger partial charge in [0.2, 0.25) is 0 Å². The second kappa shape index (κ2) is 4.74. The minimum atomic E-state index is -0.886. The summed E-state index contributed by atoms with van der Waals surface area (Å²) in [7, 11) is 0. The van der Waals surface area contributed by atoms with Crippen molar-refractivity contribution in [1.29, 1.82) is 0 Å². The van der Waals surface area contributed by atoms with Gasteiger partial charge in [-0.3, -0.25) is 0 Å². The van der Waals surface area contributed by atoms with Gasteiger partial charge in [0.15, 0.2) is 0 Å². The second-order valence-electron chi connectivity index (χ2n) is 6.93. The first-order valence-electron chi connectivity index (χ1n) is 8.40. The van der Waals surface area contributed by atoms with Crippen molar-refractivity contribution in [2.45, 2.75) is 30.3 Å². The Morgan fingerprint density at radius 3 is 1.79 bits per heavy atom. The maximum atomic E-state index is 11.0. The zero-order valence-electron chi connectivity index (χ0n) is 13.3. The standard InChI is InChI=1S/C21H18N2O/c1-2-21(24)11-15-13-7-3-4-8-14(13)16(12-21)20-19(15)22-17-9-5-6-10-18(17)23-20/h2-10,15-16,24H,1,11-12H2. The molecule has 3 aromatic rings. The first-order chi connectivity index (χ1) is 11.7. The summed E-state index contributed by atoms with van der Waals surface area (Å²) in [5, 5.41) is 11.0. The van der Waals surface area contributed by atoms with E-state index in [0.717, 1.165) is 22.4 Å². The number of fused-ring (bicyclic) bond motifs is 3. The Kier molecular flexibility index (Phi) is 2.74. The van der Waals surface area contributed by atoms with Gasteiger partial charge < -0.3 is 5.11 Å². The lowest BCUT2D eigenvalue weighted by Gasteiger charge is -2.28. The maximum absolute atomic E-state index is 11.0. The molecule has 2 unspecified atom stereocenters. The molecule has 3 heteroatoms. The summed E-state index contributed by atoms with van der Waals surface area (Å²) in [6.07, 6.45) is 2.93. The molecule has 1 heterocycles. The van der Waals surface area contributed by atoms with Crippen molar-refractivity contribution < 1.29 is 5.11 Å². The molecule has 0 aliphatic heterocycles. The van der Waals surface area contributed by atoms with Crippen LogP contribution in [0.15, 0.2) is 61.2 Å². The highest BCUT2D eigenvalue weighted by molar-refractivity contribution is 5.75. The minimum Gasteiger partial charge on any atom is -0.386 e. The highest BCUT2D eigenvalue weighted by Crippen LogP contribution is 2.52. The summed E-state index contributed by atoms with van der Waals surface area (Å²) in [6.45, 7) is 3.88. The van der Waals surface area contributed by atoms with Crippen LogP contribution < -0.4 is 0 Å². The molecule has 3 aliphatic rings. The number of para-hydroxylation sites is 2. The Balaban J connectivity index is 1.84. The largest absolute Gasteiger partial charge is 0.386 e. The van der Waals surface area contributed by atoms with Gasteiger partial charge in [0, 0.05) is 11.8 Å². The summed E-state index contributed by atoms with van der Waals surface area (Å²) in [5.41, 5.74) is 5.55. The highest BCUT2D eigenvalue weighted by Gasteiger charge is 2.45. The number of aliphatic hydroxyl groups is 1. The molecule has 3 nitrogen and oxygen atoms in total. The summed E-state index contributed by atoms with van der Waals surface area (Å²) in [5.74, 6) is 0.130. The van der Waals surface area contributed by atoms with E-state index in [0.29, 0.717) is 12.8 Å². The number of hydrogen-bond acceptors (Lipinski definition) is 3. The number of rotatable bonds is 1. The van der Waals surface area contributed by atoms with Crippen molar-refractivity contribution in [2.24, 2.45) is 0 Å². The zero-order chi connectivity index (χ0) is 16.3. The first-order valence-corrected chi connectivity index (χ1v) is 8.40. The van der Waals surface area contributed by atoms with Crippen molar-refractivity contribution in [3.8, 4) is 0 Å². The van der Waals surface area contributed by atoms with Gasteiger partial charge in [0.05, 0.1) is 28.0 Å². The molecule has 0 amide bonds. The highest BCUT2D eigenvalue weighted by atomic mass is 16.3. The molecular formula is C21H18N2O. The lowest BCUT2D eigenvalue weighted by Crippen LogP contribution is -2.26. The summed E-state index contributed by atoms with van der Waals surface area (Å²) in [4.78, 5) is 9.90. The Morgan fingerprint density at radius 2 is 1.33 bits per heavy atom. The van der Waals surface area contributed by atoms with E-state index < -0.39 is 5.60 Å². The predicted molar refractivity (Wildman–Crippen MR) is 94.0 cm³/mol. The Bertz CT molecular complexity index is 907. The van der Waals surface area contributed by atoms with Crippen molar-refractivity contribution >= 4 is 11.0 Å². The molecule has 2 bridgehead atoms. The van der Waals surface area contributed by atoms with E-state index in [-0.39, 0.29) is 11.8 Å². The van der Waals surface area contributed by atoms with Crippen LogP contribution >= 0.6 is 0 Å². The van der Waals surface area contributed by atoms with Gasteiger partial charge in [-0.25, -0.2) is 9.97 Å². The van der Waals surface area contributed by atoms with E-state index in [2.05, 4.69) is 30.8 Å². The van der Waals surface area contributed by atoms with E-state index >= 15 is 0 Å². The topological polar surface area (TPSA) is 46.0 Å². The molecule has 0 fully saturated rings. The van der Waals surface area contributed by atoms with Crippen LogP contribution in [-0.2, 0) is 0 Å². The SMILES string of the molecule is C=CC1(O)CC2c3ccccc3C(C1)c1nc3ccccc3nc12. The van der Waals surface area contributed by atoms with Gasteiger partial charge in [0.25, 0.3) is 0 Å². The quantitative estimate of drug-likeness (QED) is 0.693. The third kappa shape index (κ3) is 1.82. The molecule has 118 valence electrons. The number of nitrogens with zero attached hydrogens (tertiary/aromatic N) is 2.